The molecule has 0 saturated heterocycles. The predicted octanol–water partition coefficient (Wildman–Crippen LogP) is 3.47. The van der Waals surface area contributed by atoms with Gasteiger partial charge in [0, 0.05) is 7.05 Å². The topological polar surface area (TPSA) is 70.2 Å². The Labute approximate surface area is 143 Å². The molecule has 0 fully saturated rings. The fraction of sp³-hybridized carbons (Fsp3) is 0.235. The van der Waals surface area contributed by atoms with Crippen LogP contribution in [0.5, 0.6) is 0 Å². The Morgan fingerprint density at radius 3 is 2.71 bits per heavy atom. The van der Waals surface area contributed by atoms with E-state index in [2.05, 4.69) is 10.2 Å². The number of aromatic nitrogens is 3. The largest absolute Gasteiger partial charge is 0.465 e. The van der Waals surface area contributed by atoms with Crippen LogP contribution in [0.15, 0.2) is 58.3 Å². The number of carbonyl (C=O) groups excluding carboxylic acids is 1. The Morgan fingerprint density at radius 1 is 1.25 bits per heavy atom. The van der Waals surface area contributed by atoms with Gasteiger partial charge in [-0.15, -0.1) is 10.2 Å². The summed E-state index contributed by atoms with van der Waals surface area (Å²) in [6.07, 6.45) is 1.59. The van der Waals surface area contributed by atoms with E-state index in [9.17, 15) is 4.79 Å². The van der Waals surface area contributed by atoms with E-state index in [4.69, 9.17) is 9.15 Å². The zero-order valence-corrected chi connectivity index (χ0v) is 14.2. The molecule has 0 aliphatic rings. The first-order chi connectivity index (χ1) is 11.7. The molecule has 0 N–H and O–H groups in total. The zero-order chi connectivity index (χ0) is 16.9. The molecule has 3 rings (SSSR count). The lowest BCUT2D eigenvalue weighted by molar-refractivity contribution is -0.142. The van der Waals surface area contributed by atoms with Crippen molar-refractivity contribution in [2.75, 3.05) is 6.61 Å². The van der Waals surface area contributed by atoms with Gasteiger partial charge in [0.2, 0.25) is 0 Å². The first kappa shape index (κ1) is 16.3. The molecule has 2 aromatic heterocycles. The highest BCUT2D eigenvalue weighted by Crippen LogP contribution is 2.36. The van der Waals surface area contributed by atoms with Crippen LogP contribution in [0.4, 0.5) is 0 Å². The van der Waals surface area contributed by atoms with Gasteiger partial charge in [-0.2, -0.15) is 0 Å². The van der Waals surface area contributed by atoms with Gasteiger partial charge in [-0.25, -0.2) is 0 Å². The van der Waals surface area contributed by atoms with Gasteiger partial charge in [0.25, 0.3) is 0 Å². The van der Waals surface area contributed by atoms with Crippen molar-refractivity contribution < 1.29 is 13.9 Å². The first-order valence-corrected chi connectivity index (χ1v) is 8.40. The average Bonchev–Trinajstić information content (AvgIpc) is 3.23. The molecule has 24 heavy (non-hydrogen) atoms. The number of hydrogen-bond acceptors (Lipinski definition) is 6. The fourth-order valence-electron chi connectivity index (χ4n) is 2.24. The summed E-state index contributed by atoms with van der Waals surface area (Å²) in [6, 6.07) is 13.1. The molecular formula is C17H17N3O3S. The Morgan fingerprint density at radius 2 is 2.04 bits per heavy atom. The maximum atomic E-state index is 12.4. The number of esters is 1. The van der Waals surface area contributed by atoms with Crippen molar-refractivity contribution in [2.45, 2.75) is 17.3 Å². The van der Waals surface area contributed by atoms with Crippen molar-refractivity contribution in [1.29, 1.82) is 0 Å². The van der Waals surface area contributed by atoms with Crippen LogP contribution in [0.2, 0.25) is 0 Å². The Kier molecular flexibility index (Phi) is 5.00. The SMILES string of the molecule is CCOC(=O)[C@H](Sc1nnc(-c2ccco2)n1C)c1ccccc1. The van der Waals surface area contributed by atoms with Crippen molar-refractivity contribution in [3.63, 3.8) is 0 Å². The number of benzene rings is 1. The molecule has 0 spiro atoms. The lowest BCUT2D eigenvalue weighted by Gasteiger charge is -2.15. The van der Waals surface area contributed by atoms with E-state index < -0.39 is 5.25 Å². The van der Waals surface area contributed by atoms with Gasteiger partial charge in [-0.1, -0.05) is 42.1 Å². The molecule has 0 aliphatic heterocycles. The van der Waals surface area contributed by atoms with Crippen molar-refractivity contribution in [2.24, 2.45) is 7.05 Å². The van der Waals surface area contributed by atoms with Gasteiger partial charge in [-0.3, -0.25) is 4.79 Å². The first-order valence-electron chi connectivity index (χ1n) is 7.52. The standard InChI is InChI=1S/C17H17N3O3S/c1-3-22-16(21)14(12-8-5-4-6-9-12)24-17-19-18-15(20(17)2)13-10-7-11-23-13/h4-11,14H,3H2,1-2H3/t14-/m1/s1. The van der Waals surface area contributed by atoms with Crippen LogP contribution in [0, 0.1) is 0 Å². The number of rotatable bonds is 6. The van der Waals surface area contributed by atoms with E-state index in [0.29, 0.717) is 23.3 Å². The molecule has 0 saturated carbocycles. The molecule has 0 radical (unpaired) electrons. The van der Waals surface area contributed by atoms with E-state index in [1.807, 2.05) is 43.4 Å². The summed E-state index contributed by atoms with van der Waals surface area (Å²) in [5, 5.41) is 8.46. The second-order valence-electron chi connectivity index (χ2n) is 5.00. The van der Waals surface area contributed by atoms with Crippen molar-refractivity contribution >= 4 is 17.7 Å². The Bertz CT molecular complexity index is 800. The average molecular weight is 343 g/mol. The fourth-order valence-corrected chi connectivity index (χ4v) is 3.24. The van der Waals surface area contributed by atoms with Gasteiger partial charge in [-0.05, 0) is 24.6 Å². The summed E-state index contributed by atoms with van der Waals surface area (Å²) >= 11 is 1.31. The molecule has 6 nitrogen and oxygen atoms in total. The second-order valence-corrected chi connectivity index (χ2v) is 6.08. The predicted molar refractivity (Wildman–Crippen MR) is 90.4 cm³/mol. The van der Waals surface area contributed by atoms with Crippen molar-refractivity contribution in [3.05, 3.63) is 54.3 Å². The molecule has 3 aromatic rings. The normalized spacial score (nSPS) is 12.1. The van der Waals surface area contributed by atoms with Gasteiger partial charge in [0.1, 0.15) is 5.25 Å². The minimum atomic E-state index is -0.501. The molecule has 7 heteroatoms. The van der Waals surface area contributed by atoms with Gasteiger partial charge < -0.3 is 13.7 Å². The van der Waals surface area contributed by atoms with Crippen LogP contribution in [0.3, 0.4) is 0 Å². The summed E-state index contributed by atoms with van der Waals surface area (Å²) < 4.78 is 12.4. The van der Waals surface area contributed by atoms with E-state index in [-0.39, 0.29) is 5.97 Å². The third-order valence-electron chi connectivity index (χ3n) is 3.40. The third-order valence-corrected chi connectivity index (χ3v) is 4.67. The molecular weight excluding hydrogens is 326 g/mol. The van der Waals surface area contributed by atoms with E-state index >= 15 is 0 Å². The van der Waals surface area contributed by atoms with E-state index in [1.54, 1.807) is 23.8 Å². The summed E-state index contributed by atoms with van der Waals surface area (Å²) in [7, 11) is 1.84. The summed E-state index contributed by atoms with van der Waals surface area (Å²) in [5.41, 5.74) is 0.864. The smallest absolute Gasteiger partial charge is 0.324 e. The minimum absolute atomic E-state index is 0.295. The van der Waals surface area contributed by atoms with Crippen LogP contribution in [0.25, 0.3) is 11.6 Å². The van der Waals surface area contributed by atoms with E-state index in [1.165, 1.54) is 11.8 Å². The molecule has 0 unspecified atom stereocenters. The zero-order valence-electron chi connectivity index (χ0n) is 13.4. The molecule has 1 aromatic carbocycles. The van der Waals surface area contributed by atoms with Gasteiger partial charge >= 0.3 is 5.97 Å². The van der Waals surface area contributed by atoms with Crippen LogP contribution in [-0.2, 0) is 16.6 Å². The van der Waals surface area contributed by atoms with E-state index in [0.717, 1.165) is 5.56 Å². The number of hydrogen-bond donors (Lipinski definition) is 0. The quantitative estimate of drug-likeness (QED) is 0.504. The molecule has 124 valence electrons. The van der Waals surface area contributed by atoms with Crippen molar-refractivity contribution in [1.82, 2.24) is 14.8 Å². The lowest BCUT2D eigenvalue weighted by Crippen LogP contribution is -2.14. The summed E-state index contributed by atoms with van der Waals surface area (Å²) in [6.45, 7) is 2.13. The van der Waals surface area contributed by atoms with Crippen LogP contribution in [0.1, 0.15) is 17.7 Å². The molecule has 2 heterocycles. The monoisotopic (exact) mass is 343 g/mol. The van der Waals surface area contributed by atoms with Gasteiger partial charge in [0.05, 0.1) is 12.9 Å². The van der Waals surface area contributed by atoms with Crippen LogP contribution < -0.4 is 0 Å². The number of nitrogens with zero attached hydrogens (tertiary/aromatic N) is 3. The number of furan rings is 1. The van der Waals surface area contributed by atoms with Gasteiger partial charge in [0.15, 0.2) is 16.7 Å². The number of thioether (sulfide) groups is 1. The maximum Gasteiger partial charge on any atom is 0.324 e. The van der Waals surface area contributed by atoms with Crippen LogP contribution >= 0.6 is 11.8 Å². The Hall–Kier alpha value is -2.54. The number of carbonyl (C=O) groups is 1. The van der Waals surface area contributed by atoms with Crippen molar-refractivity contribution in [3.8, 4) is 11.6 Å². The second kappa shape index (κ2) is 7.35. The highest BCUT2D eigenvalue weighted by molar-refractivity contribution is 8.00. The lowest BCUT2D eigenvalue weighted by atomic mass is 10.1. The summed E-state index contributed by atoms with van der Waals surface area (Å²) in [5.74, 6) is 0.943. The molecule has 0 amide bonds. The third kappa shape index (κ3) is 3.35. The molecule has 1 atom stereocenters. The maximum absolute atomic E-state index is 12.4. The number of ether oxygens (including phenoxy) is 1. The Balaban J connectivity index is 1.89. The summed E-state index contributed by atoms with van der Waals surface area (Å²) in [4.78, 5) is 12.4. The molecule has 0 aliphatic carbocycles. The van der Waals surface area contributed by atoms with Crippen LogP contribution in [-0.4, -0.2) is 27.3 Å². The highest BCUT2D eigenvalue weighted by atomic mass is 32.2. The minimum Gasteiger partial charge on any atom is -0.465 e. The molecule has 0 bridgehead atoms. The highest BCUT2D eigenvalue weighted by Gasteiger charge is 2.26.